The van der Waals surface area contributed by atoms with Gasteiger partial charge in [-0.25, -0.2) is 0 Å². The van der Waals surface area contributed by atoms with E-state index in [4.69, 9.17) is 18.9 Å². The third-order valence-corrected chi connectivity index (χ3v) is 10.4. The van der Waals surface area contributed by atoms with Gasteiger partial charge in [0.1, 0.15) is 25.3 Å². The minimum absolute atomic E-state index is 0. The largest absolute Gasteiger partial charge is 1.00 e. The van der Waals surface area contributed by atoms with E-state index in [9.17, 15) is 0 Å². The highest BCUT2D eigenvalue weighted by Gasteiger charge is 2.47. The third-order valence-electron chi connectivity index (χ3n) is 10.4. The van der Waals surface area contributed by atoms with E-state index in [1.54, 1.807) is 0 Å². The Labute approximate surface area is 347 Å². The van der Waals surface area contributed by atoms with Gasteiger partial charge in [-0.1, -0.05) is 134 Å². The molecule has 2 unspecified atom stereocenters. The van der Waals surface area contributed by atoms with Crippen LogP contribution in [-0.2, 0) is 30.5 Å². The van der Waals surface area contributed by atoms with E-state index < -0.39 is 11.6 Å². The van der Waals surface area contributed by atoms with Gasteiger partial charge in [-0.05, 0) is 25.7 Å². The molecule has 2 aliphatic rings. The fourth-order valence-electron chi connectivity index (χ4n) is 7.85. The van der Waals surface area contributed by atoms with E-state index >= 15 is 0 Å². The van der Waals surface area contributed by atoms with E-state index in [2.05, 4.69) is 125 Å². The van der Waals surface area contributed by atoms with E-state index in [-0.39, 0.29) is 60.2 Å². The monoisotopic (exact) mass is 932 g/mol. The molecule has 0 bridgehead atoms. The van der Waals surface area contributed by atoms with Gasteiger partial charge in [-0.3, -0.25) is 0 Å². The summed E-state index contributed by atoms with van der Waals surface area (Å²) in [6.07, 6.45) is 7.67. The fourth-order valence-corrected chi connectivity index (χ4v) is 7.85. The average Bonchev–Trinajstić information content (AvgIpc) is 3.76. The van der Waals surface area contributed by atoms with Crippen molar-refractivity contribution in [2.24, 2.45) is 0 Å². The number of hydrogen-bond donors (Lipinski definition) is 0. The van der Waals surface area contributed by atoms with Gasteiger partial charge in [0.25, 0.3) is 0 Å². The van der Waals surface area contributed by atoms with Crippen LogP contribution in [0.5, 0.6) is 0 Å². The predicted molar refractivity (Wildman–Crippen MR) is 200 cm³/mol. The third kappa shape index (κ3) is 10.9. The first-order valence-corrected chi connectivity index (χ1v) is 18.7. The smallest absolute Gasteiger partial charge is 0.222 e. The van der Waals surface area contributed by atoms with Gasteiger partial charge in [0, 0.05) is 22.3 Å². The normalized spacial score (nSPS) is 19.5. The molecule has 4 aromatic carbocycles. The van der Waals surface area contributed by atoms with Gasteiger partial charge < -0.3 is 75.9 Å². The maximum atomic E-state index is 6.79. The van der Waals surface area contributed by atoms with Crippen molar-refractivity contribution in [2.45, 2.75) is 62.3 Å². The minimum Gasteiger partial charge on any atom is -1.00 e. The zero-order valence-electron chi connectivity index (χ0n) is 31.5. The molecule has 2 heterocycles. The molecule has 6 nitrogen and oxygen atoms in total. The summed E-state index contributed by atoms with van der Waals surface area (Å²) in [6, 6.07) is 41.5. The Morgan fingerprint density at radius 2 is 0.712 bits per heavy atom. The molecule has 52 heavy (non-hydrogen) atoms. The summed E-state index contributed by atoms with van der Waals surface area (Å²) in [5.41, 5.74) is 4.20. The number of unbranched alkanes of at least 4 members (excludes halogenated alkanes) is 5. The standard InChI is InChI=1S/C44H58N2O4.2HI/c1-45(2,33-41-35-47-43(49-41,37-23-13-9-14-24-37)38-25-15-10-16-26-38)31-21-7-5-6-8-22-32-46(3,4)34-42-36-48-44(50-42,39-27-17-11-18-28-39)40-29-19-12-20-30-40;;/h9-20,23-30,41-42H,5-8,21-22,31-36H2,1-4H3;2*1H/q+2;;/p-2. The molecule has 2 saturated heterocycles. The number of halogens is 2. The highest BCUT2D eigenvalue weighted by molar-refractivity contribution is 5.35. The van der Waals surface area contributed by atoms with Gasteiger partial charge >= 0.3 is 0 Å². The van der Waals surface area contributed by atoms with Crippen molar-refractivity contribution in [1.82, 2.24) is 0 Å². The summed E-state index contributed by atoms with van der Waals surface area (Å²) >= 11 is 0. The maximum absolute atomic E-state index is 6.79. The van der Waals surface area contributed by atoms with Crippen LogP contribution in [0, 0.1) is 0 Å². The van der Waals surface area contributed by atoms with Crippen molar-refractivity contribution in [3.63, 3.8) is 0 Å². The number of nitrogens with zero attached hydrogens (tertiary/aromatic N) is 2. The van der Waals surface area contributed by atoms with Crippen molar-refractivity contribution in [2.75, 3.05) is 67.6 Å². The first-order chi connectivity index (χ1) is 24.2. The SMILES string of the molecule is C[N+](C)(CCCCCCCC[N+](C)(C)CC1COC(c2ccccc2)(c2ccccc2)O1)CC1COC(c2ccccc2)(c2ccccc2)O1.[I-].[I-]. The Morgan fingerprint density at radius 3 is 1.00 bits per heavy atom. The molecule has 0 radical (unpaired) electrons. The quantitative estimate of drug-likeness (QED) is 0.0926. The lowest BCUT2D eigenvalue weighted by atomic mass is 9.97. The molecule has 0 aliphatic carbocycles. The van der Waals surface area contributed by atoms with Crippen LogP contribution < -0.4 is 48.0 Å². The van der Waals surface area contributed by atoms with Crippen LogP contribution >= 0.6 is 0 Å². The first-order valence-electron chi connectivity index (χ1n) is 18.7. The van der Waals surface area contributed by atoms with E-state index in [0.29, 0.717) is 13.2 Å². The Bertz CT molecular complexity index is 1390. The number of hydrogen-bond acceptors (Lipinski definition) is 4. The molecule has 2 aliphatic heterocycles. The number of likely N-dealkylation sites (N-methyl/N-ethyl adjacent to an activating group) is 2. The van der Waals surface area contributed by atoms with Crippen LogP contribution in [0.15, 0.2) is 121 Å². The number of ether oxygens (including phenoxy) is 4. The van der Waals surface area contributed by atoms with Gasteiger partial charge in [0.15, 0.2) is 0 Å². The molecule has 4 aromatic rings. The van der Waals surface area contributed by atoms with Crippen LogP contribution in [0.3, 0.4) is 0 Å². The van der Waals surface area contributed by atoms with Crippen molar-refractivity contribution in [1.29, 1.82) is 0 Å². The summed E-state index contributed by atoms with van der Waals surface area (Å²) in [6.45, 7) is 5.35. The second kappa shape index (κ2) is 19.6. The number of quaternary nitrogens is 2. The predicted octanol–water partition coefficient (Wildman–Crippen LogP) is 2.12. The number of rotatable bonds is 17. The molecular weight excluding hydrogens is 874 g/mol. The lowest BCUT2D eigenvalue weighted by molar-refractivity contribution is -0.893. The second-order valence-electron chi connectivity index (χ2n) is 15.6. The molecule has 282 valence electrons. The van der Waals surface area contributed by atoms with Crippen molar-refractivity contribution < 1.29 is 75.9 Å². The lowest BCUT2D eigenvalue weighted by Gasteiger charge is -2.33. The van der Waals surface area contributed by atoms with Gasteiger partial charge in [0.2, 0.25) is 11.6 Å². The zero-order valence-corrected chi connectivity index (χ0v) is 35.8. The molecular formula is C44H58I2N2O4. The Balaban J connectivity index is 0.00000302. The molecule has 0 aromatic heterocycles. The van der Waals surface area contributed by atoms with Crippen LogP contribution in [0.4, 0.5) is 0 Å². The van der Waals surface area contributed by atoms with E-state index in [1.165, 1.54) is 38.5 Å². The average molecular weight is 933 g/mol. The summed E-state index contributed by atoms with van der Waals surface area (Å²) in [5, 5.41) is 0. The highest BCUT2D eigenvalue weighted by atomic mass is 127. The first kappa shape index (κ1) is 42.8. The highest BCUT2D eigenvalue weighted by Crippen LogP contribution is 2.42. The lowest BCUT2D eigenvalue weighted by Crippen LogP contribution is -3.00. The van der Waals surface area contributed by atoms with Gasteiger partial charge in [0.05, 0.1) is 54.5 Å². The van der Waals surface area contributed by atoms with Crippen LogP contribution in [0.2, 0.25) is 0 Å². The molecule has 2 fully saturated rings. The summed E-state index contributed by atoms with van der Waals surface area (Å²) in [5.74, 6) is -1.68. The Morgan fingerprint density at radius 1 is 0.442 bits per heavy atom. The van der Waals surface area contributed by atoms with E-state index in [0.717, 1.165) is 57.4 Å². The molecule has 0 amide bonds. The Kier molecular flexibility index (Phi) is 16.2. The van der Waals surface area contributed by atoms with Gasteiger partial charge in [-0.15, -0.1) is 0 Å². The van der Waals surface area contributed by atoms with Crippen LogP contribution in [-0.4, -0.2) is 88.8 Å². The van der Waals surface area contributed by atoms with Crippen LogP contribution in [0.1, 0.15) is 60.8 Å². The molecule has 2 atom stereocenters. The van der Waals surface area contributed by atoms with Crippen LogP contribution in [0.25, 0.3) is 0 Å². The van der Waals surface area contributed by atoms with Crippen molar-refractivity contribution >= 4 is 0 Å². The van der Waals surface area contributed by atoms with Gasteiger partial charge in [-0.2, -0.15) is 0 Å². The Hall–Kier alpha value is -1.90. The molecule has 6 rings (SSSR count). The fraction of sp³-hybridized carbons (Fsp3) is 0.455. The van der Waals surface area contributed by atoms with E-state index in [1.807, 2.05) is 24.3 Å². The minimum atomic E-state index is -0.840. The summed E-state index contributed by atoms with van der Waals surface area (Å²) in [7, 11) is 9.32. The van der Waals surface area contributed by atoms with Crippen molar-refractivity contribution in [3.05, 3.63) is 144 Å². The number of benzene rings is 4. The second-order valence-corrected chi connectivity index (χ2v) is 15.6. The summed E-state index contributed by atoms with van der Waals surface area (Å²) in [4.78, 5) is 0. The van der Waals surface area contributed by atoms with Crippen molar-refractivity contribution in [3.8, 4) is 0 Å². The molecule has 0 saturated carbocycles. The molecule has 0 N–H and O–H groups in total. The molecule has 8 heteroatoms. The topological polar surface area (TPSA) is 36.9 Å². The maximum Gasteiger partial charge on any atom is 0.222 e. The molecule has 0 spiro atoms. The zero-order chi connectivity index (χ0) is 34.9. The summed E-state index contributed by atoms with van der Waals surface area (Å²) < 4.78 is 28.5.